The number of halogens is 1. The number of hydrogen-bond donors (Lipinski definition) is 4. The quantitative estimate of drug-likeness (QED) is 0.529. The molecule has 166 valence electrons. The summed E-state index contributed by atoms with van der Waals surface area (Å²) in [6, 6.07) is 6.83. The molecular weight excluding hydrogens is 418 g/mol. The summed E-state index contributed by atoms with van der Waals surface area (Å²) in [7, 11) is 1.44. The fourth-order valence-electron chi connectivity index (χ4n) is 4.10. The average Bonchev–Trinajstić information content (AvgIpc) is 2.74. The highest BCUT2D eigenvalue weighted by atomic mass is 35.5. The number of ketones is 1. The fourth-order valence-corrected chi connectivity index (χ4v) is 4.40. The highest BCUT2D eigenvalue weighted by Crippen LogP contribution is 2.42. The largest absolute Gasteiger partial charge is 0.447 e. The molecule has 1 aliphatic carbocycles. The van der Waals surface area contributed by atoms with E-state index in [-0.39, 0.29) is 5.78 Å². The van der Waals surface area contributed by atoms with Crippen molar-refractivity contribution in [1.29, 1.82) is 0 Å². The van der Waals surface area contributed by atoms with Crippen LogP contribution in [0.25, 0.3) is 0 Å². The molecule has 4 N–H and O–H groups in total. The zero-order valence-electron chi connectivity index (χ0n) is 16.5. The molecule has 2 aliphatic rings. The van der Waals surface area contributed by atoms with E-state index in [1.165, 1.54) is 11.9 Å². The van der Waals surface area contributed by atoms with Crippen LogP contribution in [0.3, 0.4) is 0 Å². The molecule has 1 saturated carbocycles. The number of aliphatic hydroxyl groups excluding tert-OH is 4. The maximum Gasteiger partial charge on any atom is 0.410 e. The number of hydrogen-bond acceptors (Lipinski definition) is 8. The minimum absolute atomic E-state index is 0.149. The van der Waals surface area contributed by atoms with E-state index < -0.39 is 48.9 Å². The second kappa shape index (κ2) is 9.17. The second-order valence-corrected chi connectivity index (χ2v) is 8.05. The van der Waals surface area contributed by atoms with E-state index in [1.807, 2.05) is 0 Å². The molecule has 2 fully saturated rings. The van der Waals surface area contributed by atoms with Gasteiger partial charge in [-0.25, -0.2) is 4.79 Å². The molecule has 1 heterocycles. The van der Waals surface area contributed by atoms with Gasteiger partial charge >= 0.3 is 6.09 Å². The van der Waals surface area contributed by atoms with E-state index in [2.05, 4.69) is 0 Å². The number of aliphatic hydroxyl groups is 4. The summed E-state index contributed by atoms with van der Waals surface area (Å²) >= 11 is 6.36. The zero-order chi connectivity index (χ0) is 22.1. The Kier molecular flexibility index (Phi) is 7.01. The molecule has 1 aliphatic heterocycles. The van der Waals surface area contributed by atoms with Crippen LogP contribution in [0.4, 0.5) is 4.79 Å². The van der Waals surface area contributed by atoms with E-state index in [0.717, 1.165) is 6.42 Å². The van der Waals surface area contributed by atoms with Crippen molar-refractivity contribution in [3.8, 4) is 0 Å². The predicted molar refractivity (Wildman–Crippen MR) is 105 cm³/mol. The number of amides is 1. The summed E-state index contributed by atoms with van der Waals surface area (Å²) in [6.07, 6.45) is -6.65. The topological polar surface area (TPSA) is 137 Å². The monoisotopic (exact) mass is 443 g/mol. The minimum Gasteiger partial charge on any atom is -0.447 e. The molecule has 6 atom stereocenters. The van der Waals surface area contributed by atoms with Crippen LogP contribution in [0, 0.1) is 0 Å². The highest BCUT2D eigenvalue weighted by Gasteiger charge is 2.49. The first kappa shape index (κ1) is 22.9. The Morgan fingerprint density at radius 1 is 1.20 bits per heavy atom. The predicted octanol–water partition coefficient (Wildman–Crippen LogP) is 0.547. The van der Waals surface area contributed by atoms with Gasteiger partial charge in [-0.05, 0) is 25.3 Å². The Hall–Kier alpha value is -1.75. The first-order valence-corrected chi connectivity index (χ1v) is 10.1. The lowest BCUT2D eigenvalue weighted by atomic mass is 9.74. The Labute approximate surface area is 178 Å². The van der Waals surface area contributed by atoms with Gasteiger partial charge in [0.05, 0.1) is 0 Å². The summed E-state index contributed by atoms with van der Waals surface area (Å²) in [6.45, 7) is -0.502. The Bertz CT molecular complexity index is 792. The van der Waals surface area contributed by atoms with Crippen LogP contribution in [0.15, 0.2) is 24.3 Å². The number of ether oxygens (including phenoxy) is 2. The van der Waals surface area contributed by atoms with Crippen molar-refractivity contribution in [2.24, 2.45) is 0 Å². The standard InChI is InChI=1S/C20H26ClNO8/c1-22(19(28)29-10-13-15(24)16(25)17(26)18(27)30-13)20(9-5-4-8-14(20)23)11-6-2-3-7-12(11)21/h2-3,6-7,13,15-18,24-27H,4-5,8-10H2,1H3/t13-,15-,16+,17-,18-,20+/m1/s1. The van der Waals surface area contributed by atoms with Crippen LogP contribution in [-0.2, 0) is 19.8 Å². The van der Waals surface area contributed by atoms with Crippen molar-refractivity contribution in [3.05, 3.63) is 34.9 Å². The molecule has 3 rings (SSSR count). The number of carbonyl (C=O) groups excluding carboxylic acids is 2. The van der Waals surface area contributed by atoms with Gasteiger partial charge in [-0.15, -0.1) is 0 Å². The molecule has 1 amide bonds. The number of nitrogens with zero attached hydrogens (tertiary/aromatic N) is 1. The molecule has 30 heavy (non-hydrogen) atoms. The first-order chi connectivity index (χ1) is 14.2. The highest BCUT2D eigenvalue weighted by molar-refractivity contribution is 6.31. The summed E-state index contributed by atoms with van der Waals surface area (Å²) < 4.78 is 10.3. The van der Waals surface area contributed by atoms with Crippen molar-refractivity contribution >= 4 is 23.5 Å². The Morgan fingerprint density at radius 3 is 2.57 bits per heavy atom. The molecule has 10 heteroatoms. The van der Waals surface area contributed by atoms with Gasteiger partial charge in [0.25, 0.3) is 0 Å². The molecule has 1 saturated heterocycles. The van der Waals surface area contributed by atoms with E-state index in [9.17, 15) is 30.0 Å². The fraction of sp³-hybridized carbons (Fsp3) is 0.600. The summed E-state index contributed by atoms with van der Waals surface area (Å²) in [4.78, 5) is 27.1. The molecular formula is C20H26ClNO8. The molecule has 1 aromatic rings. The van der Waals surface area contributed by atoms with Gasteiger partial charge in [0.1, 0.15) is 36.6 Å². The molecule has 0 spiro atoms. The van der Waals surface area contributed by atoms with Crippen LogP contribution in [0.1, 0.15) is 31.2 Å². The van der Waals surface area contributed by atoms with E-state index in [0.29, 0.717) is 29.8 Å². The van der Waals surface area contributed by atoms with Crippen molar-refractivity contribution in [2.45, 2.75) is 61.9 Å². The van der Waals surface area contributed by atoms with Crippen molar-refractivity contribution in [3.63, 3.8) is 0 Å². The maximum absolute atomic E-state index is 13.0. The van der Waals surface area contributed by atoms with Crippen LogP contribution < -0.4 is 0 Å². The van der Waals surface area contributed by atoms with Crippen molar-refractivity contribution < 1.29 is 39.5 Å². The van der Waals surface area contributed by atoms with Crippen molar-refractivity contribution in [1.82, 2.24) is 4.90 Å². The summed E-state index contributed by atoms with van der Waals surface area (Å²) in [5.74, 6) is -0.149. The van der Waals surface area contributed by atoms with Crippen LogP contribution in [-0.4, -0.2) is 81.6 Å². The first-order valence-electron chi connectivity index (χ1n) is 9.76. The molecule has 0 aromatic heterocycles. The Morgan fingerprint density at radius 2 is 1.90 bits per heavy atom. The third kappa shape index (κ3) is 4.05. The molecule has 9 nitrogen and oxygen atoms in total. The van der Waals surface area contributed by atoms with Gasteiger partial charge in [0.15, 0.2) is 12.1 Å². The van der Waals surface area contributed by atoms with Gasteiger partial charge in [-0.2, -0.15) is 0 Å². The van der Waals surface area contributed by atoms with Crippen LogP contribution in [0.5, 0.6) is 0 Å². The summed E-state index contributed by atoms with van der Waals surface area (Å²) in [5.41, 5.74) is -0.770. The van der Waals surface area contributed by atoms with Crippen LogP contribution in [0.2, 0.25) is 5.02 Å². The SMILES string of the molecule is CN(C(=O)OC[C@H]1O[C@@H](O)[C@H](O)[C@@H](O)[C@@H]1O)[C@]1(c2ccccc2Cl)CCCCC1=O. The van der Waals surface area contributed by atoms with E-state index in [1.54, 1.807) is 24.3 Å². The number of carbonyl (C=O) groups is 2. The normalized spacial score (nSPS) is 34.5. The number of benzene rings is 1. The molecule has 0 radical (unpaired) electrons. The van der Waals surface area contributed by atoms with Crippen molar-refractivity contribution in [2.75, 3.05) is 13.7 Å². The van der Waals surface area contributed by atoms with Crippen LogP contribution >= 0.6 is 11.6 Å². The minimum atomic E-state index is -1.74. The van der Waals surface area contributed by atoms with Gasteiger partial charge < -0.3 is 29.9 Å². The third-order valence-corrected chi connectivity index (χ3v) is 6.21. The van der Waals surface area contributed by atoms with Gasteiger partial charge in [0.2, 0.25) is 0 Å². The molecule has 0 bridgehead atoms. The lowest BCUT2D eigenvalue weighted by molar-refractivity contribution is -0.286. The summed E-state index contributed by atoms with van der Waals surface area (Å²) in [5, 5.41) is 39.3. The van der Waals surface area contributed by atoms with E-state index >= 15 is 0 Å². The lowest BCUT2D eigenvalue weighted by Crippen LogP contribution is -2.59. The second-order valence-electron chi connectivity index (χ2n) is 7.64. The smallest absolute Gasteiger partial charge is 0.410 e. The third-order valence-electron chi connectivity index (χ3n) is 5.88. The number of Topliss-reactive ketones (excluding diaryl/α,β-unsaturated/α-hetero) is 1. The van der Waals surface area contributed by atoms with Gasteiger partial charge in [-0.3, -0.25) is 9.69 Å². The molecule has 0 unspecified atom stereocenters. The maximum atomic E-state index is 13.0. The number of likely N-dealkylation sites (N-methyl/N-ethyl adjacent to an activating group) is 1. The van der Waals surface area contributed by atoms with Gasteiger partial charge in [0, 0.05) is 24.1 Å². The van der Waals surface area contributed by atoms with E-state index in [4.69, 9.17) is 21.1 Å². The molecule has 1 aromatic carbocycles. The number of rotatable bonds is 4. The van der Waals surface area contributed by atoms with Gasteiger partial charge in [-0.1, -0.05) is 29.8 Å². The zero-order valence-corrected chi connectivity index (χ0v) is 17.2. The average molecular weight is 444 g/mol. The Balaban J connectivity index is 1.79. The lowest BCUT2D eigenvalue weighted by Gasteiger charge is -2.43.